The van der Waals surface area contributed by atoms with Crippen molar-refractivity contribution < 1.29 is 4.79 Å². The van der Waals surface area contributed by atoms with Gasteiger partial charge in [-0.25, -0.2) is 9.78 Å². The number of carbonyl (C=O) groups is 1. The number of imidazole rings is 1. The Hall–Kier alpha value is -2.27. The zero-order valence-corrected chi connectivity index (χ0v) is 15.6. The molecule has 1 unspecified atom stereocenters. The first-order chi connectivity index (χ1) is 12.7. The molecule has 2 amide bonds. The first-order valence-corrected chi connectivity index (χ1v) is 9.51. The summed E-state index contributed by atoms with van der Waals surface area (Å²) < 4.78 is 2.04. The van der Waals surface area contributed by atoms with Crippen LogP contribution >= 0.6 is 11.6 Å². The van der Waals surface area contributed by atoms with Crippen LogP contribution in [0.15, 0.2) is 55.1 Å². The topological polar surface area (TPSA) is 50.2 Å². The van der Waals surface area contributed by atoms with E-state index in [1.54, 1.807) is 18.3 Å². The Kier molecular flexibility index (Phi) is 6.72. The molecule has 1 aliphatic carbocycles. The number of aryl methyl sites for hydroxylation is 1. The van der Waals surface area contributed by atoms with Gasteiger partial charge in [0.15, 0.2) is 0 Å². The Morgan fingerprint density at radius 1 is 1.31 bits per heavy atom. The van der Waals surface area contributed by atoms with Gasteiger partial charge < -0.3 is 14.8 Å². The molecule has 0 saturated carbocycles. The van der Waals surface area contributed by atoms with E-state index < -0.39 is 0 Å². The first-order valence-electron chi connectivity index (χ1n) is 9.13. The normalized spacial score (nSPS) is 16.4. The van der Waals surface area contributed by atoms with Crippen LogP contribution in [-0.2, 0) is 6.54 Å². The molecule has 6 heteroatoms. The molecule has 0 saturated heterocycles. The summed E-state index contributed by atoms with van der Waals surface area (Å²) in [4.78, 5) is 18.8. The van der Waals surface area contributed by atoms with E-state index in [2.05, 4.69) is 22.5 Å². The predicted molar refractivity (Wildman–Crippen MR) is 105 cm³/mol. The molecule has 138 valence electrons. The maximum Gasteiger partial charge on any atom is 0.321 e. The number of urea groups is 1. The molecule has 0 aliphatic heterocycles. The number of hydrogen-bond donors (Lipinski definition) is 1. The van der Waals surface area contributed by atoms with E-state index >= 15 is 0 Å². The number of amides is 2. The highest BCUT2D eigenvalue weighted by Gasteiger charge is 2.19. The molecule has 0 bridgehead atoms. The molecular weight excluding hydrogens is 348 g/mol. The SMILES string of the molecule is O=C(Nc1ccc(Cl)cc1)N(CCCn1ccnc1)CC1CC=CCC1. The third-order valence-corrected chi connectivity index (χ3v) is 4.89. The van der Waals surface area contributed by atoms with Crippen LogP contribution in [0.25, 0.3) is 0 Å². The number of hydrogen-bond acceptors (Lipinski definition) is 2. The fraction of sp³-hybridized carbons (Fsp3) is 0.400. The second kappa shape index (κ2) is 9.43. The van der Waals surface area contributed by atoms with Gasteiger partial charge >= 0.3 is 6.03 Å². The number of nitrogens with one attached hydrogen (secondary N) is 1. The van der Waals surface area contributed by atoms with Gasteiger partial charge in [0.25, 0.3) is 0 Å². The summed E-state index contributed by atoms with van der Waals surface area (Å²) in [5.41, 5.74) is 0.766. The van der Waals surface area contributed by atoms with E-state index in [1.807, 2.05) is 34.1 Å². The molecule has 0 fully saturated rings. The minimum absolute atomic E-state index is 0.0486. The molecule has 1 aliphatic rings. The molecular formula is C20H25ClN4O. The highest BCUT2D eigenvalue weighted by atomic mass is 35.5. The van der Waals surface area contributed by atoms with Gasteiger partial charge in [0, 0.05) is 42.7 Å². The lowest BCUT2D eigenvalue weighted by Gasteiger charge is -2.28. The standard InChI is InChI=1S/C20H25ClN4O/c21-18-7-9-19(10-8-18)23-20(26)25(15-17-5-2-1-3-6-17)13-4-12-24-14-11-22-16-24/h1-2,7-11,14,16-17H,3-6,12-13,15H2,(H,23,26). The number of aromatic nitrogens is 2. The Morgan fingerprint density at radius 2 is 2.15 bits per heavy atom. The summed E-state index contributed by atoms with van der Waals surface area (Å²) in [6.45, 7) is 2.36. The highest BCUT2D eigenvalue weighted by molar-refractivity contribution is 6.30. The third kappa shape index (κ3) is 5.63. The van der Waals surface area contributed by atoms with E-state index in [1.165, 1.54) is 0 Å². The summed E-state index contributed by atoms with van der Waals surface area (Å²) in [6.07, 6.45) is 14.2. The van der Waals surface area contributed by atoms with Gasteiger partial charge in [0.1, 0.15) is 0 Å². The largest absolute Gasteiger partial charge is 0.337 e. The van der Waals surface area contributed by atoms with Gasteiger partial charge in [-0.05, 0) is 55.9 Å². The lowest BCUT2D eigenvalue weighted by atomic mass is 9.94. The van der Waals surface area contributed by atoms with Crippen molar-refractivity contribution in [3.05, 3.63) is 60.2 Å². The molecule has 5 nitrogen and oxygen atoms in total. The predicted octanol–water partition coefficient (Wildman–Crippen LogP) is 4.82. The number of carbonyl (C=O) groups excluding carboxylic acids is 1. The second-order valence-electron chi connectivity index (χ2n) is 6.69. The molecule has 1 N–H and O–H groups in total. The second-order valence-corrected chi connectivity index (χ2v) is 7.12. The van der Waals surface area contributed by atoms with Crippen molar-refractivity contribution in [3.8, 4) is 0 Å². The average molecular weight is 373 g/mol. The van der Waals surface area contributed by atoms with Gasteiger partial charge in [-0.1, -0.05) is 23.8 Å². The zero-order chi connectivity index (χ0) is 18.2. The maximum atomic E-state index is 12.8. The Labute approximate surface area is 159 Å². The van der Waals surface area contributed by atoms with Crippen molar-refractivity contribution in [1.29, 1.82) is 0 Å². The quantitative estimate of drug-likeness (QED) is 0.708. The van der Waals surface area contributed by atoms with E-state index in [9.17, 15) is 4.79 Å². The molecule has 1 atom stereocenters. The lowest BCUT2D eigenvalue weighted by Crippen LogP contribution is -2.39. The smallest absolute Gasteiger partial charge is 0.321 e. The van der Waals surface area contributed by atoms with Crippen LogP contribution in [0.5, 0.6) is 0 Å². The van der Waals surface area contributed by atoms with E-state index in [0.29, 0.717) is 10.9 Å². The van der Waals surface area contributed by atoms with Gasteiger partial charge in [0.2, 0.25) is 0 Å². The summed E-state index contributed by atoms with van der Waals surface area (Å²) in [7, 11) is 0. The summed E-state index contributed by atoms with van der Waals surface area (Å²) in [5.74, 6) is 0.532. The van der Waals surface area contributed by atoms with Crippen LogP contribution in [0, 0.1) is 5.92 Å². The molecule has 0 spiro atoms. The average Bonchev–Trinajstić information content (AvgIpc) is 3.17. The van der Waals surface area contributed by atoms with Crippen LogP contribution in [0.1, 0.15) is 25.7 Å². The zero-order valence-electron chi connectivity index (χ0n) is 14.9. The number of benzene rings is 1. The van der Waals surface area contributed by atoms with Crippen molar-refractivity contribution in [2.24, 2.45) is 5.92 Å². The van der Waals surface area contributed by atoms with Crippen LogP contribution in [0.4, 0.5) is 10.5 Å². The number of halogens is 1. The first kappa shape index (κ1) is 18.5. The van der Waals surface area contributed by atoms with Gasteiger partial charge in [-0.3, -0.25) is 0 Å². The Balaban J connectivity index is 1.59. The minimum atomic E-state index is -0.0486. The molecule has 3 rings (SSSR count). The van der Waals surface area contributed by atoms with E-state index in [0.717, 1.165) is 51.0 Å². The number of allylic oxidation sites excluding steroid dienone is 2. The molecule has 2 aromatic rings. The Bertz CT molecular complexity index is 712. The summed E-state index contributed by atoms with van der Waals surface area (Å²) in [6, 6.07) is 7.17. The Morgan fingerprint density at radius 3 is 2.85 bits per heavy atom. The lowest BCUT2D eigenvalue weighted by molar-refractivity contribution is 0.196. The molecule has 1 aromatic heterocycles. The van der Waals surface area contributed by atoms with Gasteiger partial charge in [-0.15, -0.1) is 0 Å². The van der Waals surface area contributed by atoms with Crippen molar-refractivity contribution in [1.82, 2.24) is 14.5 Å². The molecule has 1 aromatic carbocycles. The van der Waals surface area contributed by atoms with Crippen LogP contribution < -0.4 is 5.32 Å². The molecule has 26 heavy (non-hydrogen) atoms. The van der Waals surface area contributed by atoms with Gasteiger partial charge in [0.05, 0.1) is 6.33 Å². The number of rotatable bonds is 7. The molecule has 1 heterocycles. The summed E-state index contributed by atoms with van der Waals surface area (Å²) >= 11 is 5.92. The fourth-order valence-electron chi connectivity index (χ4n) is 3.21. The van der Waals surface area contributed by atoms with E-state index in [-0.39, 0.29) is 6.03 Å². The highest BCUT2D eigenvalue weighted by Crippen LogP contribution is 2.20. The monoisotopic (exact) mass is 372 g/mol. The van der Waals surface area contributed by atoms with Crippen molar-refractivity contribution in [2.75, 3.05) is 18.4 Å². The number of nitrogens with zero attached hydrogens (tertiary/aromatic N) is 3. The van der Waals surface area contributed by atoms with Crippen molar-refractivity contribution in [3.63, 3.8) is 0 Å². The van der Waals surface area contributed by atoms with Crippen molar-refractivity contribution in [2.45, 2.75) is 32.2 Å². The molecule has 0 radical (unpaired) electrons. The minimum Gasteiger partial charge on any atom is -0.337 e. The third-order valence-electron chi connectivity index (χ3n) is 4.64. The van der Waals surface area contributed by atoms with Gasteiger partial charge in [-0.2, -0.15) is 0 Å². The summed E-state index contributed by atoms with van der Waals surface area (Å²) in [5, 5.41) is 3.65. The van der Waals surface area contributed by atoms with Crippen LogP contribution in [0.3, 0.4) is 0 Å². The maximum absolute atomic E-state index is 12.8. The fourth-order valence-corrected chi connectivity index (χ4v) is 3.33. The van der Waals surface area contributed by atoms with E-state index in [4.69, 9.17) is 11.6 Å². The van der Waals surface area contributed by atoms with Crippen LogP contribution in [-0.4, -0.2) is 33.6 Å². The van der Waals surface area contributed by atoms with Crippen LogP contribution in [0.2, 0.25) is 5.02 Å². The van der Waals surface area contributed by atoms with Crippen molar-refractivity contribution >= 4 is 23.3 Å². The number of anilines is 1.